The van der Waals surface area contributed by atoms with E-state index in [2.05, 4.69) is 27.0 Å². The molecule has 1 saturated heterocycles. The van der Waals surface area contributed by atoms with Gasteiger partial charge in [-0.2, -0.15) is 0 Å². The minimum absolute atomic E-state index is 0.570. The van der Waals surface area contributed by atoms with E-state index in [1.54, 1.807) is 13.3 Å². The Hall–Kier alpha value is -2.11. The van der Waals surface area contributed by atoms with E-state index >= 15 is 0 Å². The topological polar surface area (TPSA) is 50.4 Å². The van der Waals surface area contributed by atoms with Crippen molar-refractivity contribution in [3.05, 3.63) is 36.2 Å². The van der Waals surface area contributed by atoms with Crippen molar-refractivity contribution in [2.24, 2.45) is 0 Å². The number of ether oxygens (including phenoxy) is 2. The van der Waals surface area contributed by atoms with Crippen LogP contribution in [0.1, 0.15) is 18.4 Å². The molecule has 0 aliphatic carbocycles. The summed E-state index contributed by atoms with van der Waals surface area (Å²) in [6, 6.07) is 6.20. The number of nitrogens with one attached hydrogen (secondary N) is 1. The van der Waals surface area contributed by atoms with Crippen molar-refractivity contribution in [3.8, 4) is 5.75 Å². The van der Waals surface area contributed by atoms with Gasteiger partial charge in [-0.3, -0.25) is 4.98 Å². The molecule has 0 atom stereocenters. The molecule has 1 N–H and O–H groups in total. The number of aromatic nitrogens is 2. The van der Waals surface area contributed by atoms with Gasteiger partial charge in [0.2, 0.25) is 0 Å². The Morgan fingerprint density at radius 1 is 1.17 bits per heavy atom. The predicted octanol–water partition coefficient (Wildman–Crippen LogP) is 3.34. The minimum atomic E-state index is 0.570. The molecule has 1 aliphatic heterocycles. The molecule has 24 heavy (non-hydrogen) atoms. The molecule has 1 fully saturated rings. The predicted molar refractivity (Wildman–Crippen MR) is 95.5 cm³/mol. The van der Waals surface area contributed by atoms with Gasteiger partial charge >= 0.3 is 0 Å². The molecule has 4 rings (SSSR count). The zero-order valence-electron chi connectivity index (χ0n) is 14.0. The van der Waals surface area contributed by atoms with Crippen LogP contribution in [-0.4, -0.2) is 48.2 Å². The second kappa shape index (κ2) is 6.79. The maximum Gasteiger partial charge on any atom is 0.125 e. The molecule has 0 unspecified atom stereocenters. The maximum atomic E-state index is 5.90. The maximum absolute atomic E-state index is 5.90. The Morgan fingerprint density at radius 2 is 2.04 bits per heavy atom. The van der Waals surface area contributed by atoms with E-state index in [9.17, 15) is 0 Å². The fraction of sp³-hybridized carbons (Fsp3) is 0.421. The first kappa shape index (κ1) is 15.4. The third-order valence-electron chi connectivity index (χ3n) is 4.81. The van der Waals surface area contributed by atoms with E-state index in [1.807, 2.05) is 12.3 Å². The van der Waals surface area contributed by atoms with Crippen molar-refractivity contribution in [1.29, 1.82) is 0 Å². The monoisotopic (exact) mass is 325 g/mol. The summed E-state index contributed by atoms with van der Waals surface area (Å²) in [5, 5.41) is 2.25. The molecular formula is C19H23N3O2. The molecule has 5 nitrogen and oxygen atoms in total. The van der Waals surface area contributed by atoms with Gasteiger partial charge in [-0.1, -0.05) is 0 Å². The van der Waals surface area contributed by atoms with Crippen LogP contribution in [0.3, 0.4) is 0 Å². The molecule has 3 aromatic rings. The van der Waals surface area contributed by atoms with Crippen LogP contribution < -0.4 is 4.74 Å². The second-order valence-electron chi connectivity index (χ2n) is 6.36. The lowest BCUT2D eigenvalue weighted by atomic mass is 10.1. The summed E-state index contributed by atoms with van der Waals surface area (Å²) in [6.45, 7) is 4.77. The lowest BCUT2D eigenvalue weighted by Gasteiger charge is -2.15. The number of hydrogen-bond donors (Lipinski definition) is 1. The standard InChI is InChI=1S/C19H23N3O2/c1-23-19-11-15-16-12-20-5-4-17(16)21-18(15)10-14(19)13-24-9-8-22-6-2-3-7-22/h4-5,10-12,21H,2-3,6-9,13H2,1H3. The fourth-order valence-corrected chi connectivity index (χ4v) is 3.50. The molecular weight excluding hydrogens is 302 g/mol. The van der Waals surface area contributed by atoms with Gasteiger partial charge < -0.3 is 19.4 Å². The van der Waals surface area contributed by atoms with E-state index < -0.39 is 0 Å². The Bertz CT molecular complexity index is 837. The molecule has 5 heteroatoms. The summed E-state index contributed by atoms with van der Waals surface area (Å²) < 4.78 is 11.5. The molecule has 0 radical (unpaired) electrons. The number of aromatic amines is 1. The zero-order valence-corrected chi connectivity index (χ0v) is 14.0. The number of nitrogens with zero attached hydrogens (tertiary/aromatic N) is 2. The number of benzene rings is 1. The van der Waals surface area contributed by atoms with Crippen molar-refractivity contribution in [2.75, 3.05) is 33.4 Å². The number of rotatable bonds is 6. The highest BCUT2D eigenvalue weighted by Crippen LogP contribution is 2.31. The number of fused-ring (bicyclic) bond motifs is 3. The second-order valence-corrected chi connectivity index (χ2v) is 6.36. The van der Waals surface area contributed by atoms with E-state index in [-0.39, 0.29) is 0 Å². The molecule has 1 aliphatic rings. The lowest BCUT2D eigenvalue weighted by Crippen LogP contribution is -2.23. The third kappa shape index (κ3) is 2.97. The first-order valence-corrected chi connectivity index (χ1v) is 8.57. The highest BCUT2D eigenvalue weighted by Gasteiger charge is 2.12. The SMILES string of the molecule is COc1cc2c(cc1COCCN1CCCC1)[nH]c1ccncc12. The summed E-state index contributed by atoms with van der Waals surface area (Å²) >= 11 is 0. The van der Waals surface area contributed by atoms with Gasteiger partial charge in [-0.15, -0.1) is 0 Å². The van der Waals surface area contributed by atoms with Gasteiger partial charge in [0.05, 0.1) is 20.3 Å². The third-order valence-corrected chi connectivity index (χ3v) is 4.81. The molecule has 1 aromatic carbocycles. The van der Waals surface area contributed by atoms with Crippen LogP contribution in [0.25, 0.3) is 21.8 Å². The highest BCUT2D eigenvalue weighted by atomic mass is 16.5. The Morgan fingerprint density at radius 3 is 2.88 bits per heavy atom. The van der Waals surface area contributed by atoms with Gasteiger partial charge in [-0.25, -0.2) is 0 Å². The van der Waals surface area contributed by atoms with Gasteiger partial charge in [0.15, 0.2) is 0 Å². The smallest absolute Gasteiger partial charge is 0.125 e. The number of pyridine rings is 1. The van der Waals surface area contributed by atoms with E-state index in [4.69, 9.17) is 9.47 Å². The van der Waals surface area contributed by atoms with Gasteiger partial charge in [0.25, 0.3) is 0 Å². The summed E-state index contributed by atoms with van der Waals surface area (Å²) in [7, 11) is 1.71. The normalized spacial score (nSPS) is 15.5. The minimum Gasteiger partial charge on any atom is -0.496 e. The average molecular weight is 325 g/mol. The molecule has 3 heterocycles. The first-order valence-electron chi connectivity index (χ1n) is 8.57. The largest absolute Gasteiger partial charge is 0.496 e. The fourth-order valence-electron chi connectivity index (χ4n) is 3.50. The van der Waals surface area contributed by atoms with E-state index in [1.165, 1.54) is 25.9 Å². The highest BCUT2D eigenvalue weighted by molar-refractivity contribution is 6.07. The number of methoxy groups -OCH3 is 1. The van der Waals surface area contributed by atoms with Crippen LogP contribution in [-0.2, 0) is 11.3 Å². The zero-order chi connectivity index (χ0) is 16.4. The van der Waals surface area contributed by atoms with Crippen LogP contribution >= 0.6 is 0 Å². The van der Waals surface area contributed by atoms with Crippen molar-refractivity contribution >= 4 is 21.8 Å². The summed E-state index contributed by atoms with van der Waals surface area (Å²) in [4.78, 5) is 10.1. The van der Waals surface area contributed by atoms with Crippen LogP contribution in [0.2, 0.25) is 0 Å². The van der Waals surface area contributed by atoms with Crippen LogP contribution in [0.5, 0.6) is 5.75 Å². The Balaban J connectivity index is 1.52. The first-order chi connectivity index (χ1) is 11.8. The van der Waals surface area contributed by atoms with Gasteiger partial charge in [-0.05, 0) is 44.1 Å². The molecule has 0 amide bonds. The van der Waals surface area contributed by atoms with Crippen molar-refractivity contribution in [1.82, 2.24) is 14.9 Å². The number of H-pyrrole nitrogens is 1. The quantitative estimate of drug-likeness (QED) is 0.706. The molecule has 0 bridgehead atoms. The van der Waals surface area contributed by atoms with E-state index in [0.29, 0.717) is 6.61 Å². The summed E-state index contributed by atoms with van der Waals surface area (Å²) in [5.74, 6) is 0.869. The Labute approximate surface area is 141 Å². The Kier molecular flexibility index (Phi) is 4.36. The average Bonchev–Trinajstić information content (AvgIpc) is 3.25. The van der Waals surface area contributed by atoms with Gasteiger partial charge in [0, 0.05) is 46.3 Å². The van der Waals surface area contributed by atoms with Gasteiger partial charge in [0.1, 0.15) is 5.75 Å². The summed E-state index contributed by atoms with van der Waals surface area (Å²) in [5.41, 5.74) is 3.26. The van der Waals surface area contributed by atoms with Crippen LogP contribution in [0.15, 0.2) is 30.6 Å². The van der Waals surface area contributed by atoms with Crippen molar-refractivity contribution in [3.63, 3.8) is 0 Å². The molecule has 2 aromatic heterocycles. The van der Waals surface area contributed by atoms with E-state index in [0.717, 1.165) is 46.3 Å². The van der Waals surface area contributed by atoms with Crippen molar-refractivity contribution < 1.29 is 9.47 Å². The van der Waals surface area contributed by atoms with Crippen molar-refractivity contribution in [2.45, 2.75) is 19.4 Å². The number of likely N-dealkylation sites (tertiary alicyclic amines) is 1. The molecule has 0 spiro atoms. The summed E-state index contributed by atoms with van der Waals surface area (Å²) in [6.07, 6.45) is 6.33. The molecule has 126 valence electrons. The van der Waals surface area contributed by atoms with Crippen LogP contribution in [0, 0.1) is 0 Å². The van der Waals surface area contributed by atoms with Crippen LogP contribution in [0.4, 0.5) is 0 Å². The molecule has 0 saturated carbocycles. The lowest BCUT2D eigenvalue weighted by molar-refractivity contribution is 0.0979. The number of hydrogen-bond acceptors (Lipinski definition) is 4.